The molecule has 0 saturated carbocycles. The Morgan fingerprint density at radius 1 is 1.26 bits per heavy atom. The highest BCUT2D eigenvalue weighted by Gasteiger charge is 2.10. The SMILES string of the molecule is Nc1cc(Cl)nc(Cc2cccc3[nH]cnc23)c1N. The molecular weight excluding hydrogens is 262 g/mol. The van der Waals surface area contributed by atoms with Crippen molar-refractivity contribution in [3.63, 3.8) is 0 Å². The normalized spacial score (nSPS) is 11.0. The summed E-state index contributed by atoms with van der Waals surface area (Å²) in [6, 6.07) is 7.46. The predicted octanol–water partition coefficient (Wildman–Crippen LogP) is 2.37. The third-order valence-electron chi connectivity index (χ3n) is 3.03. The molecule has 2 aromatic heterocycles. The molecule has 0 bridgehead atoms. The van der Waals surface area contributed by atoms with Crippen LogP contribution in [0.5, 0.6) is 0 Å². The zero-order valence-electron chi connectivity index (χ0n) is 10.0. The number of anilines is 2. The number of rotatable bonds is 2. The number of nitrogen functional groups attached to an aromatic ring is 2. The van der Waals surface area contributed by atoms with Crippen LogP contribution >= 0.6 is 11.6 Å². The summed E-state index contributed by atoms with van der Waals surface area (Å²) in [5.74, 6) is 0. The molecule has 0 aliphatic heterocycles. The molecule has 0 aliphatic rings. The number of nitrogens with zero attached hydrogens (tertiary/aromatic N) is 2. The van der Waals surface area contributed by atoms with Crippen molar-refractivity contribution < 1.29 is 0 Å². The molecule has 6 heteroatoms. The zero-order valence-corrected chi connectivity index (χ0v) is 10.8. The lowest BCUT2D eigenvalue weighted by Crippen LogP contribution is -2.04. The number of imidazole rings is 1. The van der Waals surface area contributed by atoms with Crippen molar-refractivity contribution in [2.24, 2.45) is 0 Å². The Balaban J connectivity index is 2.08. The van der Waals surface area contributed by atoms with E-state index in [0.29, 0.717) is 28.6 Å². The minimum atomic E-state index is 0.343. The molecule has 0 unspecified atom stereocenters. The number of halogens is 1. The van der Waals surface area contributed by atoms with Crippen LogP contribution < -0.4 is 11.5 Å². The van der Waals surface area contributed by atoms with E-state index in [1.54, 1.807) is 12.4 Å². The van der Waals surface area contributed by atoms with Gasteiger partial charge in [-0.25, -0.2) is 9.97 Å². The fourth-order valence-electron chi connectivity index (χ4n) is 2.08. The number of H-pyrrole nitrogens is 1. The molecule has 3 aromatic rings. The minimum Gasteiger partial charge on any atom is -0.397 e. The number of aromatic amines is 1. The number of nitrogens with one attached hydrogen (secondary N) is 1. The van der Waals surface area contributed by atoms with E-state index in [2.05, 4.69) is 15.0 Å². The van der Waals surface area contributed by atoms with Gasteiger partial charge in [0.25, 0.3) is 0 Å². The molecule has 96 valence electrons. The lowest BCUT2D eigenvalue weighted by molar-refractivity contribution is 1.09. The van der Waals surface area contributed by atoms with Crippen molar-refractivity contribution in [1.29, 1.82) is 0 Å². The maximum absolute atomic E-state index is 5.94. The van der Waals surface area contributed by atoms with Crippen LogP contribution in [-0.2, 0) is 6.42 Å². The van der Waals surface area contributed by atoms with Crippen LogP contribution in [0.1, 0.15) is 11.3 Å². The zero-order chi connectivity index (χ0) is 13.4. The van der Waals surface area contributed by atoms with Gasteiger partial charge in [0.15, 0.2) is 0 Å². The highest BCUT2D eigenvalue weighted by molar-refractivity contribution is 6.29. The van der Waals surface area contributed by atoms with E-state index in [1.165, 1.54) is 0 Å². The van der Waals surface area contributed by atoms with Gasteiger partial charge >= 0.3 is 0 Å². The second-order valence-electron chi connectivity index (χ2n) is 4.29. The van der Waals surface area contributed by atoms with Crippen molar-refractivity contribution in [2.45, 2.75) is 6.42 Å². The predicted molar refractivity (Wildman–Crippen MR) is 77.0 cm³/mol. The molecular formula is C13H12ClN5. The molecule has 0 radical (unpaired) electrons. The first-order valence-corrected chi connectivity index (χ1v) is 6.14. The standard InChI is InChI=1S/C13H12ClN5/c14-11-5-8(15)12(16)10(19-11)4-7-2-1-3-9-13(7)18-6-17-9/h1-3,5-6H,4,16H2,(H2,15,19)(H,17,18). The number of hydrogen-bond donors (Lipinski definition) is 3. The first-order valence-electron chi connectivity index (χ1n) is 5.76. The van der Waals surface area contributed by atoms with Gasteiger partial charge in [0, 0.05) is 12.5 Å². The molecule has 0 spiro atoms. The van der Waals surface area contributed by atoms with E-state index in [1.807, 2.05) is 18.2 Å². The van der Waals surface area contributed by atoms with Gasteiger partial charge in [0.1, 0.15) is 5.15 Å². The molecule has 0 atom stereocenters. The summed E-state index contributed by atoms with van der Waals surface area (Å²) in [5, 5.41) is 0.343. The van der Waals surface area contributed by atoms with Crippen molar-refractivity contribution in [3.05, 3.63) is 47.0 Å². The fourth-order valence-corrected chi connectivity index (χ4v) is 2.30. The number of fused-ring (bicyclic) bond motifs is 1. The molecule has 0 fully saturated rings. The van der Waals surface area contributed by atoms with Crippen LogP contribution in [0.15, 0.2) is 30.6 Å². The number of para-hydroxylation sites is 1. The summed E-state index contributed by atoms with van der Waals surface area (Å²) >= 11 is 5.92. The lowest BCUT2D eigenvalue weighted by Gasteiger charge is -2.08. The maximum atomic E-state index is 5.94. The van der Waals surface area contributed by atoms with E-state index in [9.17, 15) is 0 Å². The molecule has 0 amide bonds. The van der Waals surface area contributed by atoms with E-state index in [0.717, 1.165) is 16.6 Å². The third kappa shape index (κ3) is 2.08. The smallest absolute Gasteiger partial charge is 0.131 e. The monoisotopic (exact) mass is 273 g/mol. The number of aromatic nitrogens is 3. The van der Waals surface area contributed by atoms with Gasteiger partial charge in [-0.3, -0.25) is 0 Å². The number of nitrogens with two attached hydrogens (primary N) is 2. The Hall–Kier alpha value is -2.27. The Labute approximate surface area is 114 Å². The van der Waals surface area contributed by atoms with Gasteiger partial charge in [-0.2, -0.15) is 0 Å². The third-order valence-corrected chi connectivity index (χ3v) is 3.22. The van der Waals surface area contributed by atoms with Crippen LogP contribution in [0.4, 0.5) is 11.4 Å². The Morgan fingerprint density at radius 2 is 2.11 bits per heavy atom. The molecule has 19 heavy (non-hydrogen) atoms. The van der Waals surface area contributed by atoms with Crippen molar-refractivity contribution in [1.82, 2.24) is 15.0 Å². The molecule has 5 nitrogen and oxygen atoms in total. The number of hydrogen-bond acceptors (Lipinski definition) is 4. The maximum Gasteiger partial charge on any atom is 0.131 e. The van der Waals surface area contributed by atoms with Gasteiger partial charge in [-0.05, 0) is 11.6 Å². The summed E-state index contributed by atoms with van der Waals surface area (Å²) in [5.41, 5.74) is 16.2. The van der Waals surface area contributed by atoms with Gasteiger partial charge in [0.05, 0.1) is 34.4 Å². The quantitative estimate of drug-likeness (QED) is 0.625. The van der Waals surface area contributed by atoms with Crippen molar-refractivity contribution >= 4 is 34.0 Å². The first-order chi connectivity index (χ1) is 9.15. The second kappa shape index (κ2) is 4.44. The molecule has 2 heterocycles. The Morgan fingerprint density at radius 3 is 2.95 bits per heavy atom. The molecule has 0 saturated heterocycles. The summed E-state index contributed by atoms with van der Waals surface area (Å²) in [7, 11) is 0. The fraction of sp³-hybridized carbons (Fsp3) is 0.0769. The van der Waals surface area contributed by atoms with Gasteiger partial charge in [0.2, 0.25) is 0 Å². The topological polar surface area (TPSA) is 93.6 Å². The molecule has 5 N–H and O–H groups in total. The first kappa shape index (κ1) is 11.8. The van der Waals surface area contributed by atoms with E-state index in [-0.39, 0.29) is 0 Å². The lowest BCUT2D eigenvalue weighted by atomic mass is 10.1. The number of benzene rings is 1. The van der Waals surface area contributed by atoms with E-state index in [4.69, 9.17) is 23.1 Å². The summed E-state index contributed by atoms with van der Waals surface area (Å²) in [6.07, 6.45) is 2.20. The van der Waals surface area contributed by atoms with Crippen LogP contribution in [0.2, 0.25) is 5.15 Å². The molecule has 3 rings (SSSR count). The highest BCUT2D eigenvalue weighted by atomic mass is 35.5. The van der Waals surface area contributed by atoms with Gasteiger partial charge in [-0.1, -0.05) is 23.7 Å². The van der Waals surface area contributed by atoms with Crippen LogP contribution in [-0.4, -0.2) is 15.0 Å². The average molecular weight is 274 g/mol. The average Bonchev–Trinajstić information content (AvgIpc) is 2.84. The second-order valence-corrected chi connectivity index (χ2v) is 4.67. The van der Waals surface area contributed by atoms with Crippen LogP contribution in [0.3, 0.4) is 0 Å². The molecule has 1 aromatic carbocycles. The van der Waals surface area contributed by atoms with Crippen LogP contribution in [0.25, 0.3) is 11.0 Å². The Kier molecular flexibility index (Phi) is 2.76. The highest BCUT2D eigenvalue weighted by Crippen LogP contribution is 2.26. The van der Waals surface area contributed by atoms with Crippen LogP contribution in [0, 0.1) is 0 Å². The summed E-state index contributed by atoms with van der Waals surface area (Å²) < 4.78 is 0. The van der Waals surface area contributed by atoms with Gasteiger partial charge in [-0.15, -0.1) is 0 Å². The van der Waals surface area contributed by atoms with Crippen molar-refractivity contribution in [3.8, 4) is 0 Å². The Bertz CT molecular complexity index is 750. The minimum absolute atomic E-state index is 0.343. The van der Waals surface area contributed by atoms with Crippen molar-refractivity contribution in [2.75, 3.05) is 11.5 Å². The number of pyridine rings is 1. The van der Waals surface area contributed by atoms with Gasteiger partial charge < -0.3 is 16.5 Å². The van der Waals surface area contributed by atoms with E-state index >= 15 is 0 Å². The summed E-state index contributed by atoms with van der Waals surface area (Å²) in [6.45, 7) is 0. The van der Waals surface area contributed by atoms with E-state index < -0.39 is 0 Å². The largest absolute Gasteiger partial charge is 0.397 e. The molecule has 0 aliphatic carbocycles. The summed E-state index contributed by atoms with van der Waals surface area (Å²) in [4.78, 5) is 11.6.